The van der Waals surface area contributed by atoms with Gasteiger partial charge in [0.05, 0.1) is 18.6 Å². The van der Waals surface area contributed by atoms with Crippen molar-refractivity contribution in [3.8, 4) is 28.7 Å². The molecule has 3 rings (SSSR count). The zero-order valence-electron chi connectivity index (χ0n) is 13.9. The van der Waals surface area contributed by atoms with Crippen LogP contribution in [0.3, 0.4) is 0 Å². The minimum absolute atomic E-state index is 0.115. The highest BCUT2D eigenvalue weighted by atomic mass is 19.1. The Morgan fingerprint density at radius 3 is 2.52 bits per heavy atom. The van der Waals surface area contributed by atoms with Crippen molar-refractivity contribution in [1.29, 1.82) is 5.26 Å². The van der Waals surface area contributed by atoms with E-state index in [0.717, 1.165) is 12.8 Å². The van der Waals surface area contributed by atoms with Crippen LogP contribution in [0.2, 0.25) is 0 Å². The molecular weight excluding hydrogens is 324 g/mol. The van der Waals surface area contributed by atoms with Crippen LogP contribution in [-0.2, 0) is 0 Å². The molecule has 0 aromatic heterocycles. The molecule has 130 valence electrons. The Labute approximate surface area is 145 Å². The Kier molecular flexibility index (Phi) is 4.63. The van der Waals surface area contributed by atoms with Crippen LogP contribution in [-0.4, -0.2) is 12.2 Å². The average Bonchev–Trinajstić information content (AvgIpc) is 3.12. The van der Waals surface area contributed by atoms with Crippen LogP contribution in [0.1, 0.15) is 37.4 Å². The van der Waals surface area contributed by atoms with Gasteiger partial charge in [-0.05, 0) is 54.3 Å². The Morgan fingerprint density at radius 2 is 1.88 bits per heavy atom. The lowest BCUT2D eigenvalue weighted by Gasteiger charge is -2.27. The van der Waals surface area contributed by atoms with Crippen molar-refractivity contribution in [3.63, 3.8) is 0 Å². The molecule has 2 aromatic rings. The molecule has 1 fully saturated rings. The standard InChI is InChI=1S/C20H19F2NO2/c1-25-14-5-7-18(21)16(11-14)15-6-4-13(24)10-17(15)19(22)20(12-23)8-2-3-9-20/h4-7,10-11,19,24H,2-3,8-9H2,1H3. The number of ether oxygens (including phenoxy) is 1. The fourth-order valence-electron chi connectivity index (χ4n) is 3.57. The van der Waals surface area contributed by atoms with E-state index in [1.54, 1.807) is 0 Å². The van der Waals surface area contributed by atoms with Gasteiger partial charge >= 0.3 is 0 Å². The molecule has 5 heteroatoms. The van der Waals surface area contributed by atoms with Gasteiger partial charge in [-0.2, -0.15) is 5.26 Å². The predicted octanol–water partition coefficient (Wildman–Crippen LogP) is 5.30. The molecule has 0 bridgehead atoms. The van der Waals surface area contributed by atoms with E-state index >= 15 is 4.39 Å². The Balaban J connectivity index is 2.16. The minimum atomic E-state index is -1.60. The predicted molar refractivity (Wildman–Crippen MR) is 90.4 cm³/mol. The molecule has 1 aliphatic carbocycles. The summed E-state index contributed by atoms with van der Waals surface area (Å²) < 4.78 is 35.0. The quantitative estimate of drug-likeness (QED) is 0.819. The van der Waals surface area contributed by atoms with Crippen LogP contribution < -0.4 is 4.74 Å². The Morgan fingerprint density at radius 1 is 1.16 bits per heavy atom. The van der Waals surface area contributed by atoms with Crippen molar-refractivity contribution >= 4 is 0 Å². The second-order valence-corrected chi connectivity index (χ2v) is 6.45. The molecule has 0 aliphatic heterocycles. The summed E-state index contributed by atoms with van der Waals surface area (Å²) in [6, 6.07) is 10.5. The van der Waals surface area contributed by atoms with Gasteiger partial charge in [-0.1, -0.05) is 18.9 Å². The Hall–Kier alpha value is -2.61. The third-order valence-electron chi connectivity index (χ3n) is 4.98. The van der Waals surface area contributed by atoms with E-state index in [-0.39, 0.29) is 16.9 Å². The first-order chi connectivity index (χ1) is 12.0. The smallest absolute Gasteiger partial charge is 0.144 e. The van der Waals surface area contributed by atoms with Crippen molar-refractivity contribution in [1.82, 2.24) is 0 Å². The van der Waals surface area contributed by atoms with Crippen LogP contribution >= 0.6 is 0 Å². The molecule has 2 aromatic carbocycles. The molecule has 1 unspecified atom stereocenters. The number of hydrogen-bond acceptors (Lipinski definition) is 3. The van der Waals surface area contributed by atoms with Gasteiger partial charge in [-0.3, -0.25) is 0 Å². The minimum Gasteiger partial charge on any atom is -0.508 e. The molecule has 1 aliphatic rings. The lowest BCUT2D eigenvalue weighted by Crippen LogP contribution is -2.21. The van der Waals surface area contributed by atoms with Gasteiger partial charge in [0.1, 0.15) is 23.5 Å². The summed E-state index contributed by atoms with van der Waals surface area (Å²) in [6.07, 6.45) is 0.888. The maximum Gasteiger partial charge on any atom is 0.144 e. The SMILES string of the molecule is COc1ccc(F)c(-c2ccc(O)cc2C(F)C2(C#N)CCCC2)c1. The van der Waals surface area contributed by atoms with Gasteiger partial charge < -0.3 is 9.84 Å². The maximum absolute atomic E-state index is 15.4. The topological polar surface area (TPSA) is 53.2 Å². The second-order valence-electron chi connectivity index (χ2n) is 6.45. The number of rotatable bonds is 4. The van der Waals surface area contributed by atoms with Gasteiger partial charge in [0.25, 0.3) is 0 Å². The number of phenols is 1. The summed E-state index contributed by atoms with van der Waals surface area (Å²) >= 11 is 0. The highest BCUT2D eigenvalue weighted by Gasteiger charge is 2.44. The molecule has 1 atom stereocenters. The first-order valence-electron chi connectivity index (χ1n) is 8.23. The van der Waals surface area contributed by atoms with Crippen LogP contribution in [0.4, 0.5) is 8.78 Å². The summed E-state index contributed by atoms with van der Waals surface area (Å²) in [4.78, 5) is 0. The molecule has 0 heterocycles. The second kappa shape index (κ2) is 6.72. The van der Waals surface area contributed by atoms with Gasteiger partial charge in [0, 0.05) is 5.56 Å². The largest absolute Gasteiger partial charge is 0.508 e. The van der Waals surface area contributed by atoms with Gasteiger partial charge in [0.2, 0.25) is 0 Å². The zero-order chi connectivity index (χ0) is 18.0. The molecule has 0 saturated heterocycles. The number of hydrogen-bond donors (Lipinski definition) is 1. The first kappa shape index (κ1) is 17.2. The lowest BCUT2D eigenvalue weighted by atomic mass is 9.77. The van der Waals surface area contributed by atoms with E-state index in [4.69, 9.17) is 4.74 Å². The third kappa shape index (κ3) is 3.05. The molecule has 0 amide bonds. The van der Waals surface area contributed by atoms with Gasteiger partial charge in [0.15, 0.2) is 0 Å². The highest BCUT2D eigenvalue weighted by Crippen LogP contribution is 2.51. The van der Waals surface area contributed by atoms with Crippen molar-refractivity contribution in [3.05, 3.63) is 47.8 Å². The molecule has 0 spiro atoms. The van der Waals surface area contributed by atoms with Crippen molar-refractivity contribution in [2.75, 3.05) is 7.11 Å². The van der Waals surface area contributed by atoms with E-state index < -0.39 is 17.4 Å². The van der Waals surface area contributed by atoms with Gasteiger partial charge in [-0.25, -0.2) is 8.78 Å². The fourth-order valence-corrected chi connectivity index (χ4v) is 3.57. The van der Waals surface area contributed by atoms with E-state index in [1.807, 2.05) is 0 Å². The Bertz CT molecular complexity index is 823. The number of nitriles is 1. The summed E-state index contributed by atoms with van der Waals surface area (Å²) in [6.45, 7) is 0. The van der Waals surface area contributed by atoms with Crippen LogP contribution in [0.15, 0.2) is 36.4 Å². The van der Waals surface area contributed by atoms with Crippen molar-refractivity contribution < 1.29 is 18.6 Å². The van der Waals surface area contributed by atoms with Crippen LogP contribution in [0.5, 0.6) is 11.5 Å². The fraction of sp³-hybridized carbons (Fsp3) is 0.350. The average molecular weight is 343 g/mol. The number of aromatic hydroxyl groups is 1. The number of alkyl halides is 1. The highest BCUT2D eigenvalue weighted by molar-refractivity contribution is 5.71. The zero-order valence-corrected chi connectivity index (χ0v) is 13.9. The lowest BCUT2D eigenvalue weighted by molar-refractivity contribution is 0.169. The number of phenolic OH excluding ortho intramolecular Hbond substituents is 1. The van der Waals surface area contributed by atoms with E-state index in [1.165, 1.54) is 43.5 Å². The van der Waals surface area contributed by atoms with E-state index in [2.05, 4.69) is 6.07 Å². The third-order valence-corrected chi connectivity index (χ3v) is 4.98. The molecular formula is C20H19F2NO2. The van der Waals surface area contributed by atoms with E-state index in [9.17, 15) is 14.8 Å². The molecule has 25 heavy (non-hydrogen) atoms. The van der Waals surface area contributed by atoms with Crippen LogP contribution in [0, 0.1) is 22.6 Å². The summed E-state index contributed by atoms with van der Waals surface area (Å²) in [7, 11) is 1.47. The number of benzene rings is 2. The molecule has 3 nitrogen and oxygen atoms in total. The summed E-state index contributed by atoms with van der Waals surface area (Å²) in [5.41, 5.74) is -0.486. The van der Waals surface area contributed by atoms with Gasteiger partial charge in [-0.15, -0.1) is 0 Å². The van der Waals surface area contributed by atoms with Crippen molar-refractivity contribution in [2.45, 2.75) is 31.9 Å². The maximum atomic E-state index is 15.4. The number of methoxy groups -OCH3 is 1. The van der Waals surface area contributed by atoms with E-state index in [0.29, 0.717) is 24.2 Å². The monoisotopic (exact) mass is 343 g/mol. The summed E-state index contributed by atoms with van der Waals surface area (Å²) in [5.74, 6) is -0.185. The summed E-state index contributed by atoms with van der Waals surface area (Å²) in [5, 5.41) is 19.4. The molecule has 1 N–H and O–H groups in total. The van der Waals surface area contributed by atoms with Crippen molar-refractivity contribution in [2.24, 2.45) is 5.41 Å². The van der Waals surface area contributed by atoms with Crippen LogP contribution in [0.25, 0.3) is 11.1 Å². The number of nitrogens with zero attached hydrogens (tertiary/aromatic N) is 1. The first-order valence-corrected chi connectivity index (χ1v) is 8.23. The normalized spacial score (nSPS) is 17.0. The molecule has 1 saturated carbocycles. The molecule has 0 radical (unpaired) electrons. The number of halogens is 2.